The van der Waals surface area contributed by atoms with Gasteiger partial charge in [0, 0.05) is 12.2 Å². The third kappa shape index (κ3) is 4.08. The molecule has 0 aliphatic carbocycles. The van der Waals surface area contributed by atoms with Crippen LogP contribution in [0.15, 0.2) is 18.2 Å². The average molecular weight is 248 g/mol. The van der Waals surface area contributed by atoms with Crippen LogP contribution in [0.2, 0.25) is 0 Å². The molecular formula is C13H20N4O. The maximum Gasteiger partial charge on any atom is 0.326 e. The lowest BCUT2D eigenvalue weighted by Gasteiger charge is -2.13. The highest BCUT2D eigenvalue weighted by atomic mass is 16.2. The zero-order valence-electron chi connectivity index (χ0n) is 11.1. The number of hydrogen-bond acceptors (Lipinski definition) is 2. The summed E-state index contributed by atoms with van der Waals surface area (Å²) in [6.45, 7) is 6.53. The quantitative estimate of drug-likeness (QED) is 0.489. The maximum absolute atomic E-state index is 11.7. The Labute approximate surface area is 107 Å². The summed E-state index contributed by atoms with van der Waals surface area (Å²) in [4.78, 5) is 11.7. The van der Waals surface area contributed by atoms with Gasteiger partial charge in [0.1, 0.15) is 0 Å². The molecule has 0 unspecified atom stereocenters. The molecule has 0 radical (unpaired) electrons. The van der Waals surface area contributed by atoms with Gasteiger partial charge < -0.3 is 10.6 Å². The molecular weight excluding hydrogens is 228 g/mol. The van der Waals surface area contributed by atoms with Gasteiger partial charge in [0.25, 0.3) is 0 Å². The fourth-order valence-corrected chi connectivity index (χ4v) is 1.56. The number of urea groups is 1. The largest absolute Gasteiger partial charge is 0.356 e. The monoisotopic (exact) mass is 248 g/mol. The van der Waals surface area contributed by atoms with Crippen LogP contribution in [-0.4, -0.2) is 18.5 Å². The second-order valence-electron chi connectivity index (χ2n) is 4.15. The summed E-state index contributed by atoms with van der Waals surface area (Å²) in [6, 6.07) is 5.41. The maximum atomic E-state index is 11.7. The SMILES string of the molecule is CCCNC(=N)NC(=O)Nc1c(C)cccc1C. The molecule has 1 aromatic carbocycles. The van der Waals surface area contributed by atoms with Crippen molar-refractivity contribution in [3.63, 3.8) is 0 Å². The van der Waals surface area contributed by atoms with Crippen LogP contribution in [-0.2, 0) is 0 Å². The highest BCUT2D eigenvalue weighted by Crippen LogP contribution is 2.18. The first-order valence-corrected chi connectivity index (χ1v) is 6.01. The first-order chi connectivity index (χ1) is 8.54. The number of aryl methyl sites for hydroxylation is 2. The number of guanidine groups is 1. The van der Waals surface area contributed by atoms with Gasteiger partial charge in [-0.15, -0.1) is 0 Å². The summed E-state index contributed by atoms with van der Waals surface area (Å²) >= 11 is 0. The zero-order valence-corrected chi connectivity index (χ0v) is 11.1. The third-order valence-electron chi connectivity index (χ3n) is 2.51. The molecule has 0 bridgehead atoms. The number of amides is 2. The van der Waals surface area contributed by atoms with Crippen molar-refractivity contribution in [3.05, 3.63) is 29.3 Å². The Bertz CT molecular complexity index is 422. The van der Waals surface area contributed by atoms with E-state index in [2.05, 4.69) is 16.0 Å². The molecule has 18 heavy (non-hydrogen) atoms. The number of carbonyl (C=O) groups excluding carboxylic acids is 1. The highest BCUT2D eigenvalue weighted by Gasteiger charge is 2.07. The van der Waals surface area contributed by atoms with Gasteiger partial charge in [-0.3, -0.25) is 10.7 Å². The van der Waals surface area contributed by atoms with E-state index in [1.165, 1.54) is 0 Å². The lowest BCUT2D eigenvalue weighted by Crippen LogP contribution is -2.42. The Morgan fingerprint density at radius 1 is 1.28 bits per heavy atom. The van der Waals surface area contributed by atoms with Crippen molar-refractivity contribution < 1.29 is 4.79 Å². The topological polar surface area (TPSA) is 77.0 Å². The summed E-state index contributed by atoms with van der Waals surface area (Å²) in [5, 5.41) is 15.5. The number of anilines is 1. The molecule has 5 nitrogen and oxygen atoms in total. The van der Waals surface area contributed by atoms with Crippen LogP contribution >= 0.6 is 0 Å². The minimum absolute atomic E-state index is 0.0144. The van der Waals surface area contributed by atoms with Crippen LogP contribution < -0.4 is 16.0 Å². The summed E-state index contributed by atoms with van der Waals surface area (Å²) in [6.07, 6.45) is 0.905. The summed E-state index contributed by atoms with van der Waals surface area (Å²) in [5.74, 6) is 0.0144. The van der Waals surface area contributed by atoms with Crippen LogP contribution in [0.3, 0.4) is 0 Å². The van der Waals surface area contributed by atoms with Crippen LogP contribution in [0.1, 0.15) is 24.5 Å². The Morgan fingerprint density at radius 3 is 2.44 bits per heavy atom. The zero-order chi connectivity index (χ0) is 13.5. The lowest BCUT2D eigenvalue weighted by molar-refractivity contribution is 0.255. The fourth-order valence-electron chi connectivity index (χ4n) is 1.56. The number of hydrogen-bond donors (Lipinski definition) is 4. The van der Waals surface area contributed by atoms with E-state index in [4.69, 9.17) is 5.41 Å². The number of carbonyl (C=O) groups is 1. The normalized spacial score (nSPS) is 9.72. The number of nitrogens with one attached hydrogen (secondary N) is 4. The van der Waals surface area contributed by atoms with Crippen LogP contribution in [0.25, 0.3) is 0 Å². The third-order valence-corrected chi connectivity index (χ3v) is 2.51. The molecule has 0 saturated carbocycles. The van der Waals surface area contributed by atoms with Crippen LogP contribution in [0.4, 0.5) is 10.5 Å². The smallest absolute Gasteiger partial charge is 0.326 e. The number of para-hydroxylation sites is 1. The summed E-state index contributed by atoms with van der Waals surface area (Å²) in [7, 11) is 0. The van der Waals surface area contributed by atoms with E-state index in [1.807, 2.05) is 39.0 Å². The molecule has 0 fully saturated rings. The van der Waals surface area contributed by atoms with Crippen molar-refractivity contribution in [1.82, 2.24) is 10.6 Å². The molecule has 0 saturated heterocycles. The molecule has 0 aromatic heterocycles. The van der Waals surface area contributed by atoms with E-state index in [0.717, 1.165) is 23.2 Å². The minimum atomic E-state index is -0.402. The number of rotatable bonds is 3. The predicted molar refractivity (Wildman–Crippen MR) is 74.1 cm³/mol. The fraction of sp³-hybridized carbons (Fsp3) is 0.385. The Hall–Kier alpha value is -2.04. The Balaban J connectivity index is 2.57. The van der Waals surface area contributed by atoms with Gasteiger partial charge in [-0.05, 0) is 31.4 Å². The molecule has 1 rings (SSSR count). The van der Waals surface area contributed by atoms with Gasteiger partial charge in [0.05, 0.1) is 0 Å². The predicted octanol–water partition coefficient (Wildman–Crippen LogP) is 2.36. The summed E-state index contributed by atoms with van der Waals surface area (Å²) in [5.41, 5.74) is 2.79. The van der Waals surface area contributed by atoms with Crippen molar-refractivity contribution in [2.24, 2.45) is 0 Å². The standard InChI is InChI=1S/C13H20N4O/c1-4-8-15-12(14)17-13(18)16-11-9(2)6-5-7-10(11)3/h5-7H,4,8H2,1-3H3,(H4,14,15,16,17,18). The molecule has 0 spiro atoms. The highest BCUT2D eigenvalue weighted by molar-refractivity contribution is 6.02. The second kappa shape index (κ2) is 6.64. The molecule has 0 aliphatic heterocycles. The molecule has 0 atom stereocenters. The minimum Gasteiger partial charge on any atom is -0.356 e. The molecule has 2 amide bonds. The van der Waals surface area contributed by atoms with Gasteiger partial charge in [-0.2, -0.15) is 0 Å². The Morgan fingerprint density at radius 2 is 1.89 bits per heavy atom. The van der Waals surface area contributed by atoms with Crippen molar-refractivity contribution in [1.29, 1.82) is 5.41 Å². The lowest BCUT2D eigenvalue weighted by atomic mass is 10.1. The van der Waals surface area contributed by atoms with Crippen molar-refractivity contribution >= 4 is 17.7 Å². The van der Waals surface area contributed by atoms with Gasteiger partial charge in [0.15, 0.2) is 5.96 Å². The van der Waals surface area contributed by atoms with E-state index in [1.54, 1.807) is 0 Å². The molecule has 98 valence electrons. The van der Waals surface area contributed by atoms with E-state index in [-0.39, 0.29) is 5.96 Å². The first kappa shape index (κ1) is 14.0. The molecule has 1 aromatic rings. The van der Waals surface area contributed by atoms with E-state index in [9.17, 15) is 4.79 Å². The molecule has 0 heterocycles. The molecule has 4 N–H and O–H groups in total. The molecule has 5 heteroatoms. The van der Waals surface area contributed by atoms with E-state index in [0.29, 0.717) is 6.54 Å². The van der Waals surface area contributed by atoms with Gasteiger partial charge in [-0.1, -0.05) is 25.1 Å². The first-order valence-electron chi connectivity index (χ1n) is 6.01. The number of benzene rings is 1. The van der Waals surface area contributed by atoms with Crippen molar-refractivity contribution in [2.45, 2.75) is 27.2 Å². The van der Waals surface area contributed by atoms with Gasteiger partial charge >= 0.3 is 6.03 Å². The second-order valence-corrected chi connectivity index (χ2v) is 4.15. The van der Waals surface area contributed by atoms with E-state index >= 15 is 0 Å². The van der Waals surface area contributed by atoms with Gasteiger partial charge in [-0.25, -0.2) is 4.79 Å². The van der Waals surface area contributed by atoms with Crippen LogP contribution in [0.5, 0.6) is 0 Å². The summed E-state index contributed by atoms with van der Waals surface area (Å²) < 4.78 is 0. The van der Waals surface area contributed by atoms with Gasteiger partial charge in [0.2, 0.25) is 0 Å². The van der Waals surface area contributed by atoms with E-state index < -0.39 is 6.03 Å². The van der Waals surface area contributed by atoms with Crippen molar-refractivity contribution in [3.8, 4) is 0 Å². The van der Waals surface area contributed by atoms with Crippen LogP contribution in [0, 0.1) is 19.3 Å². The Kier molecular flexibility index (Phi) is 5.17. The van der Waals surface area contributed by atoms with Crippen molar-refractivity contribution in [2.75, 3.05) is 11.9 Å². The average Bonchev–Trinajstić information content (AvgIpc) is 2.31. The molecule has 0 aliphatic rings.